The predicted molar refractivity (Wildman–Crippen MR) is 92.5 cm³/mol. The number of nitrogens with zero attached hydrogens (tertiary/aromatic N) is 2. The van der Waals surface area contributed by atoms with Gasteiger partial charge in [0.15, 0.2) is 6.61 Å². The Balaban J connectivity index is 1.70. The van der Waals surface area contributed by atoms with Crippen molar-refractivity contribution in [2.24, 2.45) is 0 Å². The summed E-state index contributed by atoms with van der Waals surface area (Å²) in [6.45, 7) is 1.68. The standard InChI is InChI=1S/C17H14BrN3O2/c1-11-19-15-5-3-2-4-14(15)17(20-11)23-10-16(22)21-13-8-6-12(18)7-9-13/h2-9H,10H2,1H3,(H,21,22). The largest absolute Gasteiger partial charge is 0.467 e. The second kappa shape index (κ2) is 6.75. The first-order valence-electron chi connectivity index (χ1n) is 7.03. The Kier molecular flexibility index (Phi) is 4.52. The number of anilines is 1. The molecule has 6 heteroatoms. The van der Waals surface area contributed by atoms with Crippen molar-refractivity contribution in [3.05, 3.63) is 58.8 Å². The zero-order chi connectivity index (χ0) is 16.2. The van der Waals surface area contributed by atoms with Gasteiger partial charge in [-0.25, -0.2) is 4.98 Å². The second-order valence-electron chi connectivity index (χ2n) is 4.94. The van der Waals surface area contributed by atoms with Crippen LogP contribution in [-0.4, -0.2) is 22.5 Å². The lowest BCUT2D eigenvalue weighted by atomic mass is 10.2. The zero-order valence-electron chi connectivity index (χ0n) is 12.4. The minimum absolute atomic E-state index is 0.115. The molecule has 0 fully saturated rings. The Morgan fingerprint density at radius 1 is 1.13 bits per heavy atom. The van der Waals surface area contributed by atoms with E-state index in [1.165, 1.54) is 0 Å². The molecule has 1 heterocycles. The number of amides is 1. The van der Waals surface area contributed by atoms with E-state index in [9.17, 15) is 4.79 Å². The molecule has 0 aliphatic carbocycles. The Labute approximate surface area is 141 Å². The maximum Gasteiger partial charge on any atom is 0.262 e. The first-order chi connectivity index (χ1) is 11.1. The van der Waals surface area contributed by atoms with E-state index in [0.717, 1.165) is 15.4 Å². The number of rotatable bonds is 4. The molecule has 23 heavy (non-hydrogen) atoms. The summed E-state index contributed by atoms with van der Waals surface area (Å²) in [6.07, 6.45) is 0. The van der Waals surface area contributed by atoms with Crippen molar-refractivity contribution in [2.45, 2.75) is 6.92 Å². The van der Waals surface area contributed by atoms with Crippen molar-refractivity contribution < 1.29 is 9.53 Å². The summed E-state index contributed by atoms with van der Waals surface area (Å²) < 4.78 is 6.54. The predicted octanol–water partition coefficient (Wildman–Crippen LogP) is 3.72. The number of ether oxygens (including phenoxy) is 1. The van der Waals surface area contributed by atoms with Gasteiger partial charge < -0.3 is 10.1 Å². The van der Waals surface area contributed by atoms with Gasteiger partial charge in [-0.05, 0) is 43.3 Å². The highest BCUT2D eigenvalue weighted by molar-refractivity contribution is 9.10. The molecular weight excluding hydrogens is 358 g/mol. The van der Waals surface area contributed by atoms with Crippen LogP contribution in [0.3, 0.4) is 0 Å². The van der Waals surface area contributed by atoms with E-state index in [2.05, 4.69) is 31.2 Å². The summed E-state index contributed by atoms with van der Waals surface area (Å²) >= 11 is 3.35. The van der Waals surface area contributed by atoms with E-state index in [1.54, 1.807) is 6.92 Å². The highest BCUT2D eigenvalue weighted by Gasteiger charge is 2.09. The van der Waals surface area contributed by atoms with Crippen LogP contribution >= 0.6 is 15.9 Å². The van der Waals surface area contributed by atoms with Crippen LogP contribution in [0.15, 0.2) is 53.0 Å². The third kappa shape index (κ3) is 3.84. The normalized spacial score (nSPS) is 10.5. The first-order valence-corrected chi connectivity index (χ1v) is 7.83. The van der Waals surface area contributed by atoms with Crippen LogP contribution < -0.4 is 10.1 Å². The van der Waals surface area contributed by atoms with E-state index in [1.807, 2.05) is 48.5 Å². The van der Waals surface area contributed by atoms with Gasteiger partial charge in [0.1, 0.15) is 5.82 Å². The number of aromatic nitrogens is 2. The van der Waals surface area contributed by atoms with Gasteiger partial charge in [0.05, 0.1) is 10.9 Å². The fourth-order valence-corrected chi connectivity index (χ4v) is 2.40. The molecule has 116 valence electrons. The lowest BCUT2D eigenvalue weighted by molar-refractivity contribution is -0.118. The number of halogens is 1. The maximum absolute atomic E-state index is 12.0. The number of aryl methyl sites for hydroxylation is 1. The minimum Gasteiger partial charge on any atom is -0.467 e. The van der Waals surface area contributed by atoms with Gasteiger partial charge in [0, 0.05) is 10.2 Å². The quantitative estimate of drug-likeness (QED) is 0.758. The highest BCUT2D eigenvalue weighted by Crippen LogP contribution is 2.22. The topological polar surface area (TPSA) is 64.1 Å². The Morgan fingerprint density at radius 2 is 1.87 bits per heavy atom. The zero-order valence-corrected chi connectivity index (χ0v) is 14.0. The van der Waals surface area contributed by atoms with Crippen molar-refractivity contribution in [3.8, 4) is 5.88 Å². The fourth-order valence-electron chi connectivity index (χ4n) is 2.13. The van der Waals surface area contributed by atoms with E-state index >= 15 is 0 Å². The number of benzene rings is 2. The molecule has 0 radical (unpaired) electrons. The molecule has 0 unspecified atom stereocenters. The van der Waals surface area contributed by atoms with Crippen molar-refractivity contribution in [3.63, 3.8) is 0 Å². The number of carbonyl (C=O) groups is 1. The molecular formula is C17H14BrN3O2. The van der Waals surface area contributed by atoms with Crippen LogP contribution in [0.25, 0.3) is 10.9 Å². The van der Waals surface area contributed by atoms with E-state index in [4.69, 9.17) is 4.74 Å². The lowest BCUT2D eigenvalue weighted by Gasteiger charge is -2.09. The maximum atomic E-state index is 12.0. The molecule has 0 atom stereocenters. The molecule has 0 bridgehead atoms. The monoisotopic (exact) mass is 371 g/mol. The van der Waals surface area contributed by atoms with Crippen LogP contribution in [-0.2, 0) is 4.79 Å². The van der Waals surface area contributed by atoms with Crippen molar-refractivity contribution in [1.29, 1.82) is 0 Å². The van der Waals surface area contributed by atoms with Crippen molar-refractivity contribution in [1.82, 2.24) is 9.97 Å². The SMILES string of the molecule is Cc1nc(OCC(=O)Nc2ccc(Br)cc2)c2ccccc2n1. The molecule has 1 aromatic heterocycles. The number of para-hydroxylation sites is 1. The molecule has 3 rings (SSSR count). The Hall–Kier alpha value is -2.47. The third-order valence-corrected chi connectivity index (χ3v) is 3.68. The van der Waals surface area contributed by atoms with Crippen LogP contribution in [0.4, 0.5) is 5.69 Å². The molecule has 0 saturated heterocycles. The average molecular weight is 372 g/mol. The van der Waals surface area contributed by atoms with E-state index in [0.29, 0.717) is 17.4 Å². The second-order valence-corrected chi connectivity index (χ2v) is 5.85. The summed E-state index contributed by atoms with van der Waals surface area (Å²) in [4.78, 5) is 20.6. The van der Waals surface area contributed by atoms with Gasteiger partial charge in [-0.3, -0.25) is 4.79 Å². The molecule has 0 aliphatic heterocycles. The summed E-state index contributed by atoms with van der Waals surface area (Å²) in [6, 6.07) is 14.9. The van der Waals surface area contributed by atoms with Gasteiger partial charge in [-0.1, -0.05) is 28.1 Å². The van der Waals surface area contributed by atoms with Crippen LogP contribution in [0.1, 0.15) is 5.82 Å². The molecule has 5 nitrogen and oxygen atoms in total. The molecule has 1 N–H and O–H groups in total. The number of carbonyl (C=O) groups excluding carboxylic acids is 1. The van der Waals surface area contributed by atoms with E-state index < -0.39 is 0 Å². The fraction of sp³-hybridized carbons (Fsp3) is 0.118. The third-order valence-electron chi connectivity index (χ3n) is 3.15. The number of hydrogen-bond acceptors (Lipinski definition) is 4. The Bertz CT molecular complexity index is 850. The molecule has 0 aliphatic rings. The highest BCUT2D eigenvalue weighted by atomic mass is 79.9. The number of fused-ring (bicyclic) bond motifs is 1. The summed E-state index contributed by atoms with van der Waals surface area (Å²) in [5.41, 5.74) is 1.51. The number of hydrogen-bond donors (Lipinski definition) is 1. The molecule has 1 amide bonds. The van der Waals surface area contributed by atoms with Gasteiger partial charge in [-0.15, -0.1) is 0 Å². The van der Waals surface area contributed by atoms with Gasteiger partial charge >= 0.3 is 0 Å². The molecule has 0 spiro atoms. The molecule has 3 aromatic rings. The lowest BCUT2D eigenvalue weighted by Crippen LogP contribution is -2.20. The van der Waals surface area contributed by atoms with Crippen molar-refractivity contribution >= 4 is 38.4 Å². The van der Waals surface area contributed by atoms with Gasteiger partial charge in [-0.2, -0.15) is 4.98 Å². The minimum atomic E-state index is -0.243. The summed E-state index contributed by atoms with van der Waals surface area (Å²) in [5, 5.41) is 3.56. The van der Waals surface area contributed by atoms with Gasteiger partial charge in [0.2, 0.25) is 5.88 Å². The Morgan fingerprint density at radius 3 is 2.65 bits per heavy atom. The van der Waals surface area contributed by atoms with E-state index in [-0.39, 0.29) is 12.5 Å². The molecule has 0 saturated carbocycles. The average Bonchev–Trinajstić information content (AvgIpc) is 2.54. The summed E-state index contributed by atoms with van der Waals surface area (Å²) in [5.74, 6) is 0.777. The first kappa shape index (κ1) is 15.4. The number of nitrogens with one attached hydrogen (secondary N) is 1. The smallest absolute Gasteiger partial charge is 0.262 e. The van der Waals surface area contributed by atoms with Crippen molar-refractivity contribution in [2.75, 3.05) is 11.9 Å². The molecule has 2 aromatic carbocycles. The van der Waals surface area contributed by atoms with Gasteiger partial charge in [0.25, 0.3) is 5.91 Å². The van der Waals surface area contributed by atoms with Crippen LogP contribution in [0, 0.1) is 6.92 Å². The van der Waals surface area contributed by atoms with Crippen LogP contribution in [0.2, 0.25) is 0 Å². The van der Waals surface area contributed by atoms with Crippen LogP contribution in [0.5, 0.6) is 5.88 Å². The summed E-state index contributed by atoms with van der Waals surface area (Å²) in [7, 11) is 0.